The van der Waals surface area contributed by atoms with Crippen LogP contribution in [-0.2, 0) is 6.42 Å². The molecule has 0 amide bonds. The van der Waals surface area contributed by atoms with Crippen LogP contribution in [-0.4, -0.2) is 39.5 Å². The van der Waals surface area contributed by atoms with E-state index < -0.39 is 6.17 Å². The SMILES string of the molecule is COc1cc(CC2=CNC(N)=NC2N)cc(OC)c1OCCCN. The number of nitrogens with one attached hydrogen (secondary N) is 1. The first-order valence-corrected chi connectivity index (χ1v) is 7.71. The van der Waals surface area contributed by atoms with Crippen molar-refractivity contribution in [2.75, 3.05) is 27.4 Å². The van der Waals surface area contributed by atoms with Crippen molar-refractivity contribution in [1.82, 2.24) is 5.32 Å². The number of benzene rings is 1. The minimum Gasteiger partial charge on any atom is -0.493 e. The number of aliphatic imine (C=N–C) groups is 1. The third kappa shape index (κ3) is 4.30. The third-order valence-electron chi connectivity index (χ3n) is 3.59. The molecular formula is C16H25N5O3. The molecular weight excluding hydrogens is 310 g/mol. The Morgan fingerprint density at radius 1 is 1.21 bits per heavy atom. The number of methoxy groups -OCH3 is 2. The number of nitrogens with zero attached hydrogens (tertiary/aromatic N) is 1. The molecule has 0 aliphatic carbocycles. The van der Waals surface area contributed by atoms with Gasteiger partial charge < -0.3 is 36.7 Å². The second kappa shape index (κ2) is 8.42. The first-order valence-electron chi connectivity index (χ1n) is 7.71. The van der Waals surface area contributed by atoms with Crippen LogP contribution in [0.15, 0.2) is 28.9 Å². The van der Waals surface area contributed by atoms with E-state index in [9.17, 15) is 0 Å². The van der Waals surface area contributed by atoms with Crippen molar-refractivity contribution < 1.29 is 14.2 Å². The molecule has 0 aromatic heterocycles. The van der Waals surface area contributed by atoms with Gasteiger partial charge in [0, 0.05) is 6.20 Å². The summed E-state index contributed by atoms with van der Waals surface area (Å²) in [6.45, 7) is 1.06. The first-order chi connectivity index (χ1) is 11.6. The normalized spacial score (nSPS) is 16.8. The Morgan fingerprint density at radius 2 is 1.88 bits per heavy atom. The molecule has 132 valence electrons. The minimum absolute atomic E-state index is 0.310. The maximum absolute atomic E-state index is 5.99. The molecule has 1 aliphatic heterocycles. The first kappa shape index (κ1) is 17.9. The summed E-state index contributed by atoms with van der Waals surface area (Å²) in [5.74, 6) is 2.08. The highest BCUT2D eigenvalue weighted by atomic mass is 16.5. The minimum atomic E-state index is -0.469. The van der Waals surface area contributed by atoms with Gasteiger partial charge in [-0.25, -0.2) is 4.99 Å². The van der Waals surface area contributed by atoms with Crippen molar-refractivity contribution in [1.29, 1.82) is 0 Å². The van der Waals surface area contributed by atoms with Crippen molar-refractivity contribution in [3.8, 4) is 17.2 Å². The van der Waals surface area contributed by atoms with E-state index in [0.29, 0.717) is 42.8 Å². The van der Waals surface area contributed by atoms with E-state index in [1.54, 1.807) is 20.4 Å². The standard InChI is InChI=1S/C16H25N5O3/c1-22-12-7-10(6-11-9-20-16(19)21-15(11)18)8-13(23-2)14(12)24-5-3-4-17/h7-9,15H,3-6,17-18H2,1-2H3,(H3,19,20,21). The summed E-state index contributed by atoms with van der Waals surface area (Å²) in [6, 6.07) is 3.80. The summed E-state index contributed by atoms with van der Waals surface area (Å²) in [5, 5.41) is 2.87. The van der Waals surface area contributed by atoms with Gasteiger partial charge in [-0.1, -0.05) is 0 Å². The largest absolute Gasteiger partial charge is 0.493 e. The van der Waals surface area contributed by atoms with E-state index in [-0.39, 0.29) is 0 Å². The molecule has 1 aromatic carbocycles. The molecule has 0 saturated carbocycles. The Bertz CT molecular complexity index is 605. The lowest BCUT2D eigenvalue weighted by Gasteiger charge is -2.20. The number of ether oxygens (including phenoxy) is 3. The number of rotatable bonds is 8. The van der Waals surface area contributed by atoms with Gasteiger partial charge in [0.25, 0.3) is 0 Å². The van der Waals surface area contributed by atoms with E-state index in [4.69, 9.17) is 31.4 Å². The van der Waals surface area contributed by atoms with Crippen LogP contribution in [0.5, 0.6) is 17.2 Å². The topological polar surface area (TPSA) is 130 Å². The van der Waals surface area contributed by atoms with E-state index >= 15 is 0 Å². The van der Waals surface area contributed by atoms with E-state index in [1.165, 1.54) is 0 Å². The number of nitrogens with two attached hydrogens (primary N) is 3. The Labute approximate surface area is 141 Å². The molecule has 0 saturated heterocycles. The van der Waals surface area contributed by atoms with Crippen LogP contribution < -0.4 is 36.7 Å². The Kier molecular flexibility index (Phi) is 6.28. The Balaban J connectivity index is 2.22. The summed E-state index contributed by atoms with van der Waals surface area (Å²) in [7, 11) is 3.18. The van der Waals surface area contributed by atoms with Crippen LogP contribution in [0.25, 0.3) is 0 Å². The van der Waals surface area contributed by atoms with Gasteiger partial charge in [-0.05, 0) is 42.7 Å². The third-order valence-corrected chi connectivity index (χ3v) is 3.59. The van der Waals surface area contributed by atoms with Gasteiger partial charge in [-0.15, -0.1) is 0 Å². The monoisotopic (exact) mass is 335 g/mol. The molecule has 1 aliphatic rings. The van der Waals surface area contributed by atoms with E-state index in [1.807, 2.05) is 12.1 Å². The summed E-state index contributed by atoms with van der Waals surface area (Å²) >= 11 is 0. The molecule has 1 heterocycles. The molecule has 1 unspecified atom stereocenters. The molecule has 0 radical (unpaired) electrons. The van der Waals surface area contributed by atoms with E-state index in [0.717, 1.165) is 17.6 Å². The molecule has 8 heteroatoms. The number of hydrogen-bond acceptors (Lipinski definition) is 8. The predicted octanol–water partition coefficient (Wildman–Crippen LogP) is 0.0605. The molecule has 0 fully saturated rings. The molecule has 7 N–H and O–H groups in total. The van der Waals surface area contributed by atoms with Crippen LogP contribution in [0.1, 0.15) is 12.0 Å². The second-order valence-corrected chi connectivity index (χ2v) is 5.32. The zero-order valence-corrected chi connectivity index (χ0v) is 14.0. The summed E-state index contributed by atoms with van der Waals surface area (Å²) in [6.07, 6.45) is 2.64. The molecule has 2 rings (SSSR count). The van der Waals surface area contributed by atoms with Crippen molar-refractivity contribution in [3.63, 3.8) is 0 Å². The van der Waals surface area contributed by atoms with Crippen molar-refractivity contribution in [2.24, 2.45) is 22.2 Å². The molecule has 0 bridgehead atoms. The van der Waals surface area contributed by atoms with Crippen LogP contribution >= 0.6 is 0 Å². The molecule has 24 heavy (non-hydrogen) atoms. The molecule has 1 atom stereocenters. The summed E-state index contributed by atoms with van der Waals surface area (Å²) < 4.78 is 16.6. The summed E-state index contributed by atoms with van der Waals surface area (Å²) in [4.78, 5) is 4.11. The van der Waals surface area contributed by atoms with Crippen molar-refractivity contribution >= 4 is 5.96 Å². The smallest absolute Gasteiger partial charge is 0.203 e. The molecule has 1 aromatic rings. The average molecular weight is 335 g/mol. The van der Waals surface area contributed by atoms with Crippen molar-refractivity contribution in [2.45, 2.75) is 19.0 Å². The highest BCUT2D eigenvalue weighted by molar-refractivity contribution is 5.80. The fraction of sp³-hybridized carbons (Fsp3) is 0.438. The van der Waals surface area contributed by atoms with E-state index in [2.05, 4.69) is 10.3 Å². The van der Waals surface area contributed by atoms with Crippen LogP contribution in [0.4, 0.5) is 0 Å². The second-order valence-electron chi connectivity index (χ2n) is 5.32. The molecule has 8 nitrogen and oxygen atoms in total. The maximum atomic E-state index is 5.99. The lowest BCUT2D eigenvalue weighted by atomic mass is 10.0. The maximum Gasteiger partial charge on any atom is 0.203 e. The highest BCUT2D eigenvalue weighted by Crippen LogP contribution is 2.39. The van der Waals surface area contributed by atoms with Gasteiger partial charge in [0.1, 0.15) is 6.17 Å². The van der Waals surface area contributed by atoms with Crippen LogP contribution in [0.2, 0.25) is 0 Å². The van der Waals surface area contributed by atoms with Gasteiger partial charge in [0.05, 0.1) is 20.8 Å². The van der Waals surface area contributed by atoms with Crippen LogP contribution in [0, 0.1) is 0 Å². The van der Waals surface area contributed by atoms with Crippen LogP contribution in [0.3, 0.4) is 0 Å². The highest BCUT2D eigenvalue weighted by Gasteiger charge is 2.18. The van der Waals surface area contributed by atoms with Gasteiger partial charge in [-0.2, -0.15) is 0 Å². The van der Waals surface area contributed by atoms with Gasteiger partial charge >= 0.3 is 0 Å². The zero-order chi connectivity index (χ0) is 17.5. The van der Waals surface area contributed by atoms with Gasteiger partial charge in [0.2, 0.25) is 5.75 Å². The Morgan fingerprint density at radius 3 is 2.42 bits per heavy atom. The predicted molar refractivity (Wildman–Crippen MR) is 93.2 cm³/mol. The zero-order valence-electron chi connectivity index (χ0n) is 14.0. The lowest BCUT2D eigenvalue weighted by Crippen LogP contribution is -2.38. The van der Waals surface area contributed by atoms with Gasteiger partial charge in [0.15, 0.2) is 17.5 Å². The lowest BCUT2D eigenvalue weighted by molar-refractivity contribution is 0.272. The number of hydrogen-bond donors (Lipinski definition) is 4. The average Bonchev–Trinajstić information content (AvgIpc) is 2.58. The quantitative estimate of drug-likeness (QED) is 0.494. The summed E-state index contributed by atoms with van der Waals surface area (Å²) in [5.41, 5.74) is 19.0. The molecule has 0 spiro atoms. The number of guanidine groups is 1. The fourth-order valence-corrected chi connectivity index (χ4v) is 2.35. The van der Waals surface area contributed by atoms with Crippen molar-refractivity contribution in [3.05, 3.63) is 29.5 Å². The fourth-order valence-electron chi connectivity index (χ4n) is 2.35. The van der Waals surface area contributed by atoms with Gasteiger partial charge in [-0.3, -0.25) is 0 Å². The Hall–Kier alpha value is -2.45.